The fourth-order valence-electron chi connectivity index (χ4n) is 2.53. The van der Waals surface area contributed by atoms with Gasteiger partial charge >= 0.3 is 0 Å². The molecule has 1 N–H and O–H groups in total. The Kier molecular flexibility index (Phi) is 3.66. The third-order valence-electron chi connectivity index (χ3n) is 3.66. The molecule has 1 aliphatic heterocycles. The second-order valence-corrected chi connectivity index (χ2v) is 6.03. The molecule has 4 heteroatoms. The molecular weight excluding hydrogens is 316 g/mol. The Balaban J connectivity index is 1.91. The number of fused-ring (bicyclic) bond motifs is 1. The van der Waals surface area contributed by atoms with Crippen LogP contribution in [0.3, 0.4) is 0 Å². The summed E-state index contributed by atoms with van der Waals surface area (Å²) in [5.74, 6) is 1.39. The third-order valence-corrected chi connectivity index (χ3v) is 4.49. The van der Waals surface area contributed by atoms with Crippen LogP contribution in [0.15, 0.2) is 41.1 Å². The Labute approximate surface area is 127 Å². The van der Waals surface area contributed by atoms with Crippen molar-refractivity contribution in [3.8, 4) is 5.75 Å². The van der Waals surface area contributed by atoms with E-state index in [1.165, 1.54) is 5.56 Å². The lowest BCUT2D eigenvalue weighted by molar-refractivity contribution is 0.214. The van der Waals surface area contributed by atoms with Crippen molar-refractivity contribution in [2.75, 3.05) is 11.9 Å². The van der Waals surface area contributed by atoms with Gasteiger partial charge in [0.1, 0.15) is 10.4 Å². The first-order valence-corrected chi connectivity index (χ1v) is 7.55. The van der Waals surface area contributed by atoms with Gasteiger partial charge in [0.2, 0.25) is 0 Å². The fraction of sp³-hybridized carbons (Fsp3) is 0.312. The minimum atomic E-state index is 0.252. The van der Waals surface area contributed by atoms with Crippen LogP contribution in [0.5, 0.6) is 5.75 Å². The average molecular weight is 333 g/mol. The number of halogens is 1. The van der Waals surface area contributed by atoms with Crippen molar-refractivity contribution >= 4 is 21.6 Å². The zero-order valence-corrected chi connectivity index (χ0v) is 13.1. The van der Waals surface area contributed by atoms with E-state index in [9.17, 15) is 0 Å². The van der Waals surface area contributed by atoms with Gasteiger partial charge in [-0.3, -0.25) is 0 Å². The number of ether oxygens (including phenoxy) is 1. The molecule has 0 saturated carbocycles. The molecule has 20 heavy (non-hydrogen) atoms. The van der Waals surface area contributed by atoms with Crippen LogP contribution in [0.4, 0.5) is 5.69 Å². The number of hydrogen-bond acceptors (Lipinski definition) is 3. The molecule has 0 bridgehead atoms. The smallest absolute Gasteiger partial charge is 0.124 e. The van der Waals surface area contributed by atoms with Crippen LogP contribution in [0.25, 0.3) is 0 Å². The van der Waals surface area contributed by atoms with Crippen molar-refractivity contribution in [2.24, 2.45) is 5.92 Å². The van der Waals surface area contributed by atoms with Crippen molar-refractivity contribution in [3.63, 3.8) is 0 Å². The van der Waals surface area contributed by atoms with Crippen LogP contribution in [0.2, 0.25) is 0 Å². The van der Waals surface area contributed by atoms with E-state index in [0.717, 1.165) is 28.2 Å². The topological polar surface area (TPSA) is 34.1 Å². The van der Waals surface area contributed by atoms with E-state index < -0.39 is 0 Å². The van der Waals surface area contributed by atoms with Gasteiger partial charge in [-0.15, -0.1) is 0 Å². The van der Waals surface area contributed by atoms with Crippen LogP contribution < -0.4 is 10.1 Å². The zero-order chi connectivity index (χ0) is 14.1. The van der Waals surface area contributed by atoms with Crippen LogP contribution in [0, 0.1) is 12.8 Å². The molecule has 1 aliphatic rings. The van der Waals surface area contributed by atoms with Crippen LogP contribution in [0.1, 0.15) is 24.1 Å². The first-order valence-electron chi connectivity index (χ1n) is 6.75. The molecule has 0 amide bonds. The summed E-state index contributed by atoms with van der Waals surface area (Å²) >= 11 is 3.43. The van der Waals surface area contributed by atoms with E-state index in [1.807, 2.05) is 25.3 Å². The van der Waals surface area contributed by atoms with E-state index in [1.54, 1.807) is 0 Å². The summed E-state index contributed by atoms with van der Waals surface area (Å²) in [6, 6.07) is 10.6. The number of rotatable bonds is 2. The van der Waals surface area contributed by atoms with Gasteiger partial charge in [0, 0.05) is 11.5 Å². The van der Waals surface area contributed by atoms with Gasteiger partial charge in [-0.2, -0.15) is 0 Å². The van der Waals surface area contributed by atoms with Gasteiger partial charge < -0.3 is 10.1 Å². The van der Waals surface area contributed by atoms with Crippen molar-refractivity contribution in [2.45, 2.75) is 19.9 Å². The monoisotopic (exact) mass is 332 g/mol. The first kappa shape index (κ1) is 13.4. The predicted octanol–water partition coefficient (Wildman–Crippen LogP) is 4.33. The first-order chi connectivity index (χ1) is 9.65. The molecule has 0 fully saturated rings. The third kappa shape index (κ3) is 2.52. The summed E-state index contributed by atoms with van der Waals surface area (Å²) in [6.45, 7) is 4.98. The van der Waals surface area contributed by atoms with Gasteiger partial charge in [-0.1, -0.05) is 25.1 Å². The molecule has 3 nitrogen and oxygen atoms in total. The normalized spacial score (nSPS) is 20.9. The van der Waals surface area contributed by atoms with Crippen LogP contribution in [-0.2, 0) is 0 Å². The summed E-state index contributed by atoms with van der Waals surface area (Å²) in [7, 11) is 0. The maximum Gasteiger partial charge on any atom is 0.124 e. The molecule has 1 aromatic heterocycles. The van der Waals surface area contributed by atoms with E-state index in [0.29, 0.717) is 5.92 Å². The van der Waals surface area contributed by atoms with E-state index in [2.05, 4.69) is 51.4 Å². The summed E-state index contributed by atoms with van der Waals surface area (Å²) < 4.78 is 6.68. The van der Waals surface area contributed by atoms with Crippen LogP contribution >= 0.6 is 15.9 Å². The molecule has 2 unspecified atom stereocenters. The minimum Gasteiger partial charge on any atom is -0.493 e. The van der Waals surface area contributed by atoms with Gasteiger partial charge in [0.05, 0.1) is 24.5 Å². The Hall–Kier alpha value is -1.55. The maximum absolute atomic E-state index is 5.78. The molecule has 0 radical (unpaired) electrons. The number of nitrogens with one attached hydrogen (secondary N) is 1. The number of nitrogens with zero attached hydrogens (tertiary/aromatic N) is 1. The lowest BCUT2D eigenvalue weighted by Crippen LogP contribution is -2.28. The Bertz CT molecular complexity index is 630. The average Bonchev–Trinajstić information content (AvgIpc) is 2.46. The lowest BCUT2D eigenvalue weighted by atomic mass is 9.92. The second kappa shape index (κ2) is 5.44. The van der Waals surface area contributed by atoms with Crippen LogP contribution in [-0.4, -0.2) is 11.6 Å². The number of pyridine rings is 1. The number of benzene rings is 1. The molecule has 0 spiro atoms. The van der Waals surface area contributed by atoms with E-state index >= 15 is 0 Å². The molecule has 2 atom stereocenters. The summed E-state index contributed by atoms with van der Waals surface area (Å²) in [4.78, 5) is 4.35. The molecule has 0 aliphatic carbocycles. The number of anilines is 1. The predicted molar refractivity (Wildman–Crippen MR) is 84.1 cm³/mol. The second-order valence-electron chi connectivity index (χ2n) is 5.28. The SMILES string of the molecule is Cc1cc(NC2c3ccccc3OCC2C)cnc1Br. The summed E-state index contributed by atoms with van der Waals surface area (Å²) in [6.07, 6.45) is 1.86. The zero-order valence-electron chi connectivity index (χ0n) is 11.6. The molecule has 2 aromatic rings. The molecule has 0 saturated heterocycles. The number of aromatic nitrogens is 1. The fourth-order valence-corrected chi connectivity index (χ4v) is 2.75. The van der Waals surface area contributed by atoms with Gasteiger partial charge in [-0.05, 0) is 40.5 Å². The molecule has 1 aromatic carbocycles. The maximum atomic E-state index is 5.78. The van der Waals surface area contributed by atoms with E-state index in [4.69, 9.17) is 4.74 Å². The van der Waals surface area contributed by atoms with Crippen molar-refractivity contribution in [1.29, 1.82) is 0 Å². The number of para-hydroxylation sites is 1. The van der Waals surface area contributed by atoms with Gasteiger partial charge in [0.15, 0.2) is 0 Å². The lowest BCUT2D eigenvalue weighted by Gasteiger charge is -2.32. The Morgan fingerprint density at radius 3 is 2.95 bits per heavy atom. The van der Waals surface area contributed by atoms with Crippen molar-refractivity contribution in [3.05, 3.63) is 52.3 Å². The van der Waals surface area contributed by atoms with Crippen molar-refractivity contribution < 1.29 is 4.74 Å². The highest BCUT2D eigenvalue weighted by Crippen LogP contribution is 2.37. The standard InChI is InChI=1S/C16H17BrN2O/c1-10-7-12(8-18-16(10)17)19-15-11(2)9-20-14-6-4-3-5-13(14)15/h3-8,11,15,19H,9H2,1-2H3. The summed E-state index contributed by atoms with van der Waals surface area (Å²) in [5, 5.41) is 3.59. The number of aryl methyl sites for hydroxylation is 1. The molecule has 104 valence electrons. The number of hydrogen-bond donors (Lipinski definition) is 1. The molecule has 3 rings (SSSR count). The Morgan fingerprint density at radius 1 is 1.35 bits per heavy atom. The van der Waals surface area contributed by atoms with Crippen molar-refractivity contribution in [1.82, 2.24) is 4.98 Å². The summed E-state index contributed by atoms with van der Waals surface area (Å²) in [5.41, 5.74) is 3.38. The minimum absolute atomic E-state index is 0.252. The van der Waals surface area contributed by atoms with E-state index in [-0.39, 0.29) is 6.04 Å². The van der Waals surface area contributed by atoms with Gasteiger partial charge in [-0.25, -0.2) is 4.98 Å². The molecular formula is C16H17BrN2O. The molecule has 2 heterocycles. The highest BCUT2D eigenvalue weighted by molar-refractivity contribution is 9.10. The highest BCUT2D eigenvalue weighted by atomic mass is 79.9. The largest absolute Gasteiger partial charge is 0.493 e. The quantitative estimate of drug-likeness (QED) is 0.831. The Morgan fingerprint density at radius 2 is 2.15 bits per heavy atom. The highest BCUT2D eigenvalue weighted by Gasteiger charge is 2.27. The van der Waals surface area contributed by atoms with Gasteiger partial charge in [0.25, 0.3) is 0 Å².